The number of hydrogen-bond acceptors (Lipinski definition) is 4. The Morgan fingerprint density at radius 2 is 2.12 bits per heavy atom. The van der Waals surface area contributed by atoms with Crippen molar-refractivity contribution in [3.63, 3.8) is 0 Å². The lowest BCUT2D eigenvalue weighted by Crippen LogP contribution is -2.44. The third-order valence-corrected chi connectivity index (χ3v) is 4.93. The first-order valence-electron chi connectivity index (χ1n) is 8.47. The maximum atomic E-state index is 12.8. The highest BCUT2D eigenvalue weighted by atomic mass is 16.3. The van der Waals surface area contributed by atoms with E-state index in [0.717, 1.165) is 16.6 Å². The topological polar surface area (TPSA) is 72.5 Å². The summed E-state index contributed by atoms with van der Waals surface area (Å²) in [5.41, 5.74) is 1.48. The second-order valence-electron chi connectivity index (χ2n) is 7.20. The van der Waals surface area contributed by atoms with Crippen molar-refractivity contribution in [3.05, 3.63) is 35.5 Å². The normalized spacial score (nSPS) is 20.4. The molecule has 1 N–H and O–H groups in total. The number of amides is 1. The number of hydrogen-bond donors (Lipinski definition) is 1. The smallest absolute Gasteiger partial charge is 0.242 e. The van der Waals surface area contributed by atoms with Crippen molar-refractivity contribution in [2.75, 3.05) is 33.7 Å². The molecule has 1 saturated heterocycles. The van der Waals surface area contributed by atoms with Crippen LogP contribution in [0.2, 0.25) is 0 Å². The average molecular weight is 340 g/mol. The molecule has 6 heteroatoms. The predicted molar refractivity (Wildman–Crippen MR) is 96.1 cm³/mol. The summed E-state index contributed by atoms with van der Waals surface area (Å²) >= 11 is 0. The molecule has 0 spiro atoms. The van der Waals surface area contributed by atoms with Gasteiger partial charge in [-0.3, -0.25) is 4.79 Å². The third kappa shape index (κ3) is 3.26. The molecular formula is C19H24N4O2. The van der Waals surface area contributed by atoms with Gasteiger partial charge in [0, 0.05) is 24.2 Å². The zero-order valence-corrected chi connectivity index (χ0v) is 15.0. The van der Waals surface area contributed by atoms with Crippen molar-refractivity contribution < 1.29 is 9.90 Å². The Hall–Kier alpha value is -2.36. The predicted octanol–water partition coefficient (Wildman–Crippen LogP) is 1.35. The van der Waals surface area contributed by atoms with Gasteiger partial charge in [-0.2, -0.15) is 5.26 Å². The first-order valence-corrected chi connectivity index (χ1v) is 8.47. The van der Waals surface area contributed by atoms with Crippen LogP contribution in [0.4, 0.5) is 0 Å². The monoisotopic (exact) mass is 340 g/mol. The molecule has 2 aromatic rings. The molecule has 2 heterocycles. The molecule has 132 valence electrons. The Labute approximate surface area is 147 Å². The molecule has 1 amide bonds. The molecule has 0 aliphatic carbocycles. The molecule has 1 aromatic carbocycles. The molecule has 6 nitrogen and oxygen atoms in total. The number of carbonyl (C=O) groups is 1. The number of carbonyl (C=O) groups excluding carboxylic acids is 1. The Morgan fingerprint density at radius 1 is 1.40 bits per heavy atom. The van der Waals surface area contributed by atoms with Gasteiger partial charge in [0.2, 0.25) is 5.91 Å². The molecule has 1 atom stereocenters. The number of likely N-dealkylation sites (tertiary alicyclic amines) is 1. The summed E-state index contributed by atoms with van der Waals surface area (Å²) in [7, 11) is 3.84. The van der Waals surface area contributed by atoms with Crippen LogP contribution in [-0.2, 0) is 11.3 Å². The fourth-order valence-electron chi connectivity index (χ4n) is 3.80. The lowest BCUT2D eigenvalue weighted by atomic mass is 10.0. The quantitative estimate of drug-likeness (QED) is 0.912. The molecular weight excluding hydrogens is 316 g/mol. The Balaban J connectivity index is 1.82. The standard InChI is InChI=1S/C19H24N4O2/c1-14-16(10-20)15-6-4-5-7-17(15)23(14)11-18(24)22-9-8-19(25,13-22)12-21(2)3/h4-7,25H,8-9,11-13H2,1-3H3/t19-/m0/s1. The van der Waals surface area contributed by atoms with Crippen LogP contribution in [0.15, 0.2) is 24.3 Å². The van der Waals surface area contributed by atoms with E-state index in [9.17, 15) is 15.2 Å². The average Bonchev–Trinajstić information content (AvgIpc) is 3.06. The molecule has 0 saturated carbocycles. The molecule has 1 aliphatic heterocycles. The van der Waals surface area contributed by atoms with E-state index in [2.05, 4.69) is 6.07 Å². The lowest BCUT2D eigenvalue weighted by molar-refractivity contribution is -0.131. The Bertz CT molecular complexity index is 849. The number of β-amino-alcohol motifs (C(OH)–C–C–N with tert-alkyl or cyclic N) is 1. The maximum Gasteiger partial charge on any atom is 0.242 e. The van der Waals surface area contributed by atoms with Crippen LogP contribution in [-0.4, -0.2) is 64.7 Å². The lowest BCUT2D eigenvalue weighted by Gasteiger charge is -2.26. The third-order valence-electron chi connectivity index (χ3n) is 4.93. The van der Waals surface area contributed by atoms with E-state index >= 15 is 0 Å². The number of aromatic nitrogens is 1. The summed E-state index contributed by atoms with van der Waals surface area (Å²) in [6.45, 7) is 3.52. The van der Waals surface area contributed by atoms with Gasteiger partial charge in [0.25, 0.3) is 0 Å². The van der Waals surface area contributed by atoms with Gasteiger partial charge in [-0.1, -0.05) is 18.2 Å². The Morgan fingerprint density at radius 3 is 2.80 bits per heavy atom. The van der Waals surface area contributed by atoms with Crippen LogP contribution in [0.3, 0.4) is 0 Å². The summed E-state index contributed by atoms with van der Waals surface area (Å²) < 4.78 is 1.90. The van der Waals surface area contributed by atoms with Crippen molar-refractivity contribution in [1.29, 1.82) is 5.26 Å². The first kappa shape index (κ1) is 17.5. The van der Waals surface area contributed by atoms with Gasteiger partial charge in [-0.05, 0) is 33.5 Å². The second-order valence-corrected chi connectivity index (χ2v) is 7.20. The van der Waals surface area contributed by atoms with Crippen LogP contribution < -0.4 is 0 Å². The number of nitriles is 1. The summed E-state index contributed by atoms with van der Waals surface area (Å²) in [5, 5.41) is 20.9. The van der Waals surface area contributed by atoms with E-state index in [0.29, 0.717) is 31.6 Å². The molecule has 1 aromatic heterocycles. The maximum absolute atomic E-state index is 12.8. The van der Waals surface area contributed by atoms with Gasteiger partial charge in [0.05, 0.1) is 23.2 Å². The molecule has 3 rings (SSSR count). The van der Waals surface area contributed by atoms with Gasteiger partial charge in [-0.15, -0.1) is 0 Å². The van der Waals surface area contributed by atoms with E-state index in [1.54, 1.807) is 4.90 Å². The molecule has 1 fully saturated rings. The van der Waals surface area contributed by atoms with Crippen molar-refractivity contribution in [3.8, 4) is 6.07 Å². The van der Waals surface area contributed by atoms with E-state index < -0.39 is 5.60 Å². The van der Waals surface area contributed by atoms with Crippen LogP contribution in [0.1, 0.15) is 17.7 Å². The minimum absolute atomic E-state index is 0.0250. The highest BCUT2D eigenvalue weighted by Crippen LogP contribution is 2.26. The van der Waals surface area contributed by atoms with Crippen molar-refractivity contribution in [1.82, 2.24) is 14.4 Å². The van der Waals surface area contributed by atoms with E-state index in [4.69, 9.17) is 0 Å². The number of rotatable bonds is 4. The van der Waals surface area contributed by atoms with Crippen molar-refractivity contribution in [2.24, 2.45) is 0 Å². The van der Waals surface area contributed by atoms with Crippen molar-refractivity contribution >= 4 is 16.8 Å². The fraction of sp³-hybridized carbons (Fsp3) is 0.474. The van der Waals surface area contributed by atoms with Crippen LogP contribution in [0, 0.1) is 18.3 Å². The van der Waals surface area contributed by atoms with Crippen LogP contribution in [0.5, 0.6) is 0 Å². The number of benzene rings is 1. The second kappa shape index (κ2) is 6.51. The molecule has 0 bridgehead atoms. The van der Waals surface area contributed by atoms with Gasteiger partial charge in [-0.25, -0.2) is 0 Å². The highest BCUT2D eigenvalue weighted by molar-refractivity contribution is 5.89. The molecule has 1 aliphatic rings. The van der Waals surface area contributed by atoms with Gasteiger partial charge < -0.3 is 19.5 Å². The number of fused-ring (bicyclic) bond motifs is 1. The first-order chi connectivity index (χ1) is 11.8. The van der Waals surface area contributed by atoms with E-state index in [1.807, 2.05) is 54.8 Å². The largest absolute Gasteiger partial charge is 0.387 e. The summed E-state index contributed by atoms with van der Waals surface area (Å²) in [4.78, 5) is 16.4. The number of nitrogens with zero attached hydrogens (tertiary/aromatic N) is 4. The van der Waals surface area contributed by atoms with Gasteiger partial charge in [0.15, 0.2) is 0 Å². The number of para-hydroxylation sites is 1. The zero-order valence-electron chi connectivity index (χ0n) is 15.0. The van der Waals surface area contributed by atoms with Crippen LogP contribution in [0.25, 0.3) is 10.9 Å². The minimum Gasteiger partial charge on any atom is -0.387 e. The molecule has 25 heavy (non-hydrogen) atoms. The molecule has 0 radical (unpaired) electrons. The number of likely N-dealkylation sites (N-methyl/N-ethyl adjacent to an activating group) is 1. The van der Waals surface area contributed by atoms with Gasteiger partial charge in [0.1, 0.15) is 12.6 Å². The molecule has 0 unspecified atom stereocenters. The SMILES string of the molecule is Cc1c(C#N)c2ccccc2n1CC(=O)N1CC[C@](O)(CN(C)C)C1. The fourth-order valence-corrected chi connectivity index (χ4v) is 3.80. The Kier molecular flexibility index (Phi) is 4.55. The summed E-state index contributed by atoms with van der Waals surface area (Å²) in [6, 6.07) is 9.90. The minimum atomic E-state index is -0.842. The number of aliphatic hydroxyl groups is 1. The van der Waals surface area contributed by atoms with E-state index in [-0.39, 0.29) is 12.5 Å². The summed E-state index contributed by atoms with van der Waals surface area (Å²) in [6.07, 6.45) is 0.589. The summed E-state index contributed by atoms with van der Waals surface area (Å²) in [5.74, 6) is -0.0250. The van der Waals surface area contributed by atoms with Crippen molar-refractivity contribution in [2.45, 2.75) is 25.5 Å². The van der Waals surface area contributed by atoms with Gasteiger partial charge >= 0.3 is 0 Å². The van der Waals surface area contributed by atoms with E-state index in [1.165, 1.54) is 0 Å². The highest BCUT2D eigenvalue weighted by Gasteiger charge is 2.38. The van der Waals surface area contributed by atoms with Crippen LogP contribution >= 0.6 is 0 Å². The zero-order chi connectivity index (χ0) is 18.2.